The maximum atomic E-state index is 12.4. The molecule has 3 nitrogen and oxygen atoms in total. The van der Waals surface area contributed by atoms with Crippen molar-refractivity contribution in [2.75, 3.05) is 0 Å². The van der Waals surface area contributed by atoms with E-state index in [1.165, 1.54) is 0 Å². The molecule has 0 saturated heterocycles. The van der Waals surface area contributed by atoms with Gasteiger partial charge in [-0.2, -0.15) is 0 Å². The predicted octanol–water partition coefficient (Wildman–Crippen LogP) is 3.51. The van der Waals surface area contributed by atoms with Crippen molar-refractivity contribution in [2.24, 2.45) is 34.5 Å². The summed E-state index contributed by atoms with van der Waals surface area (Å²) in [7, 11) is 0. The first kappa shape index (κ1) is 15.3. The number of Topliss-reactive ketones (excluding diaryl/α,β-unsaturated/α-hetero) is 1. The summed E-state index contributed by atoms with van der Waals surface area (Å²) in [6, 6.07) is 0. The van der Waals surface area contributed by atoms with E-state index in [-0.39, 0.29) is 17.1 Å². The van der Waals surface area contributed by atoms with E-state index >= 15 is 0 Å². The van der Waals surface area contributed by atoms with Gasteiger partial charge in [0.2, 0.25) is 0 Å². The van der Waals surface area contributed by atoms with Gasteiger partial charge in [-0.15, -0.1) is 0 Å². The molecule has 3 saturated carbocycles. The average molecular weight is 314 g/mol. The Balaban J connectivity index is 1.78. The second kappa shape index (κ2) is 4.87. The van der Waals surface area contributed by atoms with Gasteiger partial charge in [-0.1, -0.05) is 19.4 Å². The van der Waals surface area contributed by atoms with Crippen LogP contribution in [-0.4, -0.2) is 17.9 Å². The molecule has 1 unspecified atom stereocenters. The van der Waals surface area contributed by atoms with Gasteiger partial charge in [0.15, 0.2) is 5.78 Å². The number of hydrogen-bond acceptors (Lipinski definition) is 3. The summed E-state index contributed by atoms with van der Waals surface area (Å²) in [6.07, 6.45) is 8.76. The Morgan fingerprint density at radius 3 is 2.65 bits per heavy atom. The van der Waals surface area contributed by atoms with Crippen molar-refractivity contribution in [1.29, 1.82) is 0 Å². The fourth-order valence-electron chi connectivity index (χ4n) is 6.63. The van der Waals surface area contributed by atoms with Gasteiger partial charge < -0.3 is 4.79 Å². The number of aldehydes is 1. The lowest BCUT2D eigenvalue weighted by atomic mass is 9.45. The summed E-state index contributed by atoms with van der Waals surface area (Å²) < 4.78 is 0. The first-order chi connectivity index (χ1) is 10.9. The number of ketones is 2. The second-order valence-corrected chi connectivity index (χ2v) is 8.66. The topological polar surface area (TPSA) is 51.2 Å². The fraction of sp³-hybridized carbons (Fsp3) is 0.750. The lowest BCUT2D eigenvalue weighted by Gasteiger charge is -2.57. The summed E-state index contributed by atoms with van der Waals surface area (Å²) >= 11 is 0. The highest BCUT2D eigenvalue weighted by molar-refractivity contribution is 5.94. The molecule has 6 atom stereocenters. The molecule has 0 radical (unpaired) electrons. The Labute approximate surface area is 137 Å². The zero-order valence-corrected chi connectivity index (χ0v) is 14.1. The Hall–Kier alpha value is -1.25. The van der Waals surface area contributed by atoms with E-state index in [0.717, 1.165) is 37.5 Å². The Morgan fingerprint density at radius 1 is 1.13 bits per heavy atom. The molecule has 124 valence electrons. The van der Waals surface area contributed by atoms with Crippen LogP contribution in [0.1, 0.15) is 58.8 Å². The van der Waals surface area contributed by atoms with Crippen LogP contribution in [0.2, 0.25) is 0 Å². The molecular weight excluding hydrogens is 288 g/mol. The third-order valence-corrected chi connectivity index (χ3v) is 7.81. The van der Waals surface area contributed by atoms with Crippen LogP contribution in [0.5, 0.6) is 0 Å². The van der Waals surface area contributed by atoms with Crippen LogP contribution in [0.3, 0.4) is 0 Å². The largest absolute Gasteiger partial charge is 0.302 e. The van der Waals surface area contributed by atoms with Gasteiger partial charge in [-0.25, -0.2) is 0 Å². The zero-order valence-electron chi connectivity index (χ0n) is 14.1. The van der Waals surface area contributed by atoms with E-state index in [4.69, 9.17) is 0 Å². The fourth-order valence-corrected chi connectivity index (χ4v) is 6.63. The first-order valence-corrected chi connectivity index (χ1v) is 9.17. The van der Waals surface area contributed by atoms with Crippen LogP contribution in [0.4, 0.5) is 0 Å². The molecule has 0 bridgehead atoms. The van der Waals surface area contributed by atoms with Crippen LogP contribution in [0, 0.1) is 34.5 Å². The van der Waals surface area contributed by atoms with Crippen molar-refractivity contribution in [3.8, 4) is 0 Å². The highest BCUT2D eigenvalue weighted by atomic mass is 16.1. The highest BCUT2D eigenvalue weighted by Gasteiger charge is 2.61. The minimum atomic E-state index is -0.427. The van der Waals surface area contributed by atoms with Crippen molar-refractivity contribution in [3.05, 3.63) is 11.6 Å². The third kappa shape index (κ3) is 1.85. The van der Waals surface area contributed by atoms with Crippen LogP contribution in [0.25, 0.3) is 0 Å². The molecule has 0 heterocycles. The number of carbonyl (C=O) groups is 3. The third-order valence-electron chi connectivity index (χ3n) is 7.81. The SMILES string of the molecule is CC1C[C@@H]2[C@@H](CC[C@]3(C)C(=O)CC[C@@H]23)[C@@]2(C=O)CCC(=O)C=C12. The molecule has 23 heavy (non-hydrogen) atoms. The lowest BCUT2D eigenvalue weighted by Crippen LogP contribution is -2.54. The minimum Gasteiger partial charge on any atom is -0.302 e. The van der Waals surface area contributed by atoms with E-state index in [1.54, 1.807) is 6.08 Å². The maximum Gasteiger partial charge on any atom is 0.155 e. The summed E-state index contributed by atoms with van der Waals surface area (Å²) in [5.74, 6) is 2.13. The van der Waals surface area contributed by atoms with Crippen molar-refractivity contribution >= 4 is 17.9 Å². The molecule has 0 spiro atoms. The monoisotopic (exact) mass is 314 g/mol. The normalized spacial score (nSPS) is 49.0. The number of rotatable bonds is 1. The van der Waals surface area contributed by atoms with E-state index in [1.807, 2.05) is 0 Å². The van der Waals surface area contributed by atoms with Gasteiger partial charge in [0.25, 0.3) is 0 Å². The van der Waals surface area contributed by atoms with E-state index < -0.39 is 5.41 Å². The Bertz CT molecular complexity index is 618. The summed E-state index contributed by atoms with van der Waals surface area (Å²) in [4.78, 5) is 36.6. The molecule has 0 aliphatic heterocycles. The number of hydrogen-bond donors (Lipinski definition) is 0. The van der Waals surface area contributed by atoms with Gasteiger partial charge in [0.05, 0.1) is 5.41 Å². The number of carbonyl (C=O) groups excluding carboxylic acids is 3. The smallest absolute Gasteiger partial charge is 0.155 e. The maximum absolute atomic E-state index is 12.4. The Kier molecular flexibility index (Phi) is 3.24. The molecule has 3 heteroatoms. The van der Waals surface area contributed by atoms with Gasteiger partial charge in [-0.05, 0) is 61.9 Å². The summed E-state index contributed by atoms with van der Waals surface area (Å²) in [6.45, 7) is 4.33. The van der Waals surface area contributed by atoms with Crippen LogP contribution < -0.4 is 0 Å². The van der Waals surface area contributed by atoms with Crippen LogP contribution >= 0.6 is 0 Å². The predicted molar refractivity (Wildman–Crippen MR) is 86.7 cm³/mol. The number of allylic oxidation sites excluding steroid dienone is 1. The van der Waals surface area contributed by atoms with Crippen LogP contribution in [-0.2, 0) is 14.4 Å². The summed E-state index contributed by atoms with van der Waals surface area (Å²) in [5.41, 5.74) is 0.512. The molecular formula is C20H26O3. The van der Waals surface area contributed by atoms with Crippen molar-refractivity contribution in [2.45, 2.75) is 58.8 Å². The van der Waals surface area contributed by atoms with Crippen molar-refractivity contribution < 1.29 is 14.4 Å². The molecule has 3 fully saturated rings. The van der Waals surface area contributed by atoms with Gasteiger partial charge in [0, 0.05) is 18.3 Å². The van der Waals surface area contributed by atoms with E-state index in [0.29, 0.717) is 42.8 Å². The molecule has 4 aliphatic rings. The van der Waals surface area contributed by atoms with Crippen molar-refractivity contribution in [3.63, 3.8) is 0 Å². The standard InChI is InChI=1S/C20H26O3/c1-12-9-14-15-3-4-18(23)19(15,2)7-6-16(14)20(11-21)8-5-13(22)10-17(12)20/h10-12,14-16H,3-9H2,1-2H3/t12?,14-,15-,16+,19-,20-/m0/s1. The van der Waals surface area contributed by atoms with E-state index in [9.17, 15) is 14.4 Å². The molecule has 4 rings (SSSR count). The molecule has 0 N–H and O–H groups in total. The molecule has 4 aliphatic carbocycles. The second-order valence-electron chi connectivity index (χ2n) is 8.66. The van der Waals surface area contributed by atoms with Gasteiger partial charge in [0.1, 0.15) is 12.1 Å². The zero-order chi connectivity index (χ0) is 16.4. The minimum absolute atomic E-state index is 0.156. The Morgan fingerprint density at radius 2 is 1.91 bits per heavy atom. The van der Waals surface area contributed by atoms with Crippen molar-refractivity contribution in [1.82, 2.24) is 0 Å². The van der Waals surface area contributed by atoms with Gasteiger partial charge in [-0.3, -0.25) is 9.59 Å². The molecule has 0 aromatic rings. The first-order valence-electron chi connectivity index (χ1n) is 9.17. The average Bonchev–Trinajstić information content (AvgIpc) is 2.84. The molecule has 0 aromatic heterocycles. The molecule has 0 aromatic carbocycles. The molecule has 0 amide bonds. The number of fused-ring (bicyclic) bond motifs is 5. The lowest BCUT2D eigenvalue weighted by molar-refractivity contribution is -0.137. The summed E-state index contributed by atoms with van der Waals surface area (Å²) in [5, 5.41) is 0. The quantitative estimate of drug-likeness (QED) is 0.696. The van der Waals surface area contributed by atoms with Crippen LogP contribution in [0.15, 0.2) is 11.6 Å². The van der Waals surface area contributed by atoms with E-state index in [2.05, 4.69) is 13.8 Å². The highest BCUT2D eigenvalue weighted by Crippen LogP contribution is 2.64. The van der Waals surface area contributed by atoms with Gasteiger partial charge >= 0.3 is 0 Å².